The molecule has 112 valence electrons. The maximum atomic E-state index is 5.19. The van der Waals surface area contributed by atoms with E-state index in [9.17, 15) is 0 Å². The van der Waals surface area contributed by atoms with E-state index < -0.39 is 0 Å². The van der Waals surface area contributed by atoms with Crippen molar-refractivity contribution >= 4 is 0 Å². The van der Waals surface area contributed by atoms with Crippen molar-refractivity contribution in [2.24, 2.45) is 0 Å². The molecule has 0 unspecified atom stereocenters. The van der Waals surface area contributed by atoms with Gasteiger partial charge in [0.25, 0.3) is 0 Å². The Bertz CT molecular complexity index is 759. The summed E-state index contributed by atoms with van der Waals surface area (Å²) in [5.41, 5.74) is 4.10. The van der Waals surface area contributed by atoms with Crippen LogP contribution < -0.4 is 9.47 Å². The highest BCUT2D eigenvalue weighted by Crippen LogP contribution is 2.24. The molecule has 3 aromatic rings. The average molecular weight is 294 g/mol. The lowest BCUT2D eigenvalue weighted by Crippen LogP contribution is -1.98. The van der Waals surface area contributed by atoms with Gasteiger partial charge in [0.1, 0.15) is 11.5 Å². The summed E-state index contributed by atoms with van der Waals surface area (Å²) in [6.07, 6.45) is 0. The highest BCUT2D eigenvalue weighted by molar-refractivity contribution is 5.61. The van der Waals surface area contributed by atoms with Crippen LogP contribution in [0.15, 0.2) is 54.6 Å². The van der Waals surface area contributed by atoms with Crippen molar-refractivity contribution in [3.8, 4) is 28.4 Å². The Kier molecular flexibility index (Phi) is 3.83. The standard InChI is InChI=1S/C18H18N2O2/c1-13-12-18(14-4-8-16(21-2)9-5-14)19-20(13)15-6-10-17(22-3)11-7-15/h4-12H,1-3H3. The third-order valence-corrected chi connectivity index (χ3v) is 3.59. The molecule has 0 N–H and O–H groups in total. The van der Waals surface area contributed by atoms with E-state index in [-0.39, 0.29) is 0 Å². The van der Waals surface area contributed by atoms with Gasteiger partial charge in [-0.3, -0.25) is 0 Å². The summed E-state index contributed by atoms with van der Waals surface area (Å²) in [6.45, 7) is 2.05. The zero-order chi connectivity index (χ0) is 15.5. The largest absolute Gasteiger partial charge is 0.497 e. The second-order valence-corrected chi connectivity index (χ2v) is 5.01. The summed E-state index contributed by atoms with van der Waals surface area (Å²) in [5, 5.41) is 4.70. The number of rotatable bonds is 4. The van der Waals surface area contributed by atoms with Crippen LogP contribution in [0.3, 0.4) is 0 Å². The lowest BCUT2D eigenvalue weighted by atomic mass is 10.1. The number of methoxy groups -OCH3 is 2. The first-order valence-corrected chi connectivity index (χ1v) is 7.07. The second-order valence-electron chi connectivity index (χ2n) is 5.01. The number of aryl methyl sites for hydroxylation is 1. The van der Waals surface area contributed by atoms with Gasteiger partial charge in [-0.15, -0.1) is 0 Å². The van der Waals surface area contributed by atoms with Gasteiger partial charge in [0.15, 0.2) is 0 Å². The van der Waals surface area contributed by atoms with Crippen molar-refractivity contribution < 1.29 is 9.47 Å². The Labute approximate surface area is 129 Å². The van der Waals surface area contributed by atoms with Gasteiger partial charge in [-0.2, -0.15) is 5.10 Å². The lowest BCUT2D eigenvalue weighted by Gasteiger charge is -2.05. The average Bonchev–Trinajstić information content (AvgIpc) is 2.97. The first kappa shape index (κ1) is 14.2. The molecule has 0 spiro atoms. The monoisotopic (exact) mass is 294 g/mol. The molecule has 22 heavy (non-hydrogen) atoms. The molecular weight excluding hydrogens is 276 g/mol. The van der Waals surface area contributed by atoms with Gasteiger partial charge in [-0.25, -0.2) is 4.68 Å². The van der Waals surface area contributed by atoms with Gasteiger partial charge in [0.05, 0.1) is 25.6 Å². The predicted octanol–water partition coefficient (Wildman–Crippen LogP) is 3.86. The molecular formula is C18H18N2O2. The second kappa shape index (κ2) is 5.93. The first-order valence-electron chi connectivity index (χ1n) is 7.07. The predicted molar refractivity (Wildman–Crippen MR) is 86.8 cm³/mol. The van der Waals surface area contributed by atoms with Crippen molar-refractivity contribution in [3.63, 3.8) is 0 Å². The van der Waals surface area contributed by atoms with Crippen molar-refractivity contribution in [1.82, 2.24) is 9.78 Å². The van der Waals surface area contributed by atoms with E-state index in [1.807, 2.05) is 60.1 Å². The zero-order valence-electron chi connectivity index (χ0n) is 12.9. The van der Waals surface area contributed by atoms with Crippen LogP contribution in [0.25, 0.3) is 16.9 Å². The molecule has 0 aliphatic carbocycles. The lowest BCUT2D eigenvalue weighted by molar-refractivity contribution is 0.414. The highest BCUT2D eigenvalue weighted by atomic mass is 16.5. The molecule has 0 aliphatic heterocycles. The van der Waals surface area contributed by atoms with E-state index in [1.54, 1.807) is 14.2 Å². The van der Waals surface area contributed by atoms with Crippen LogP contribution in [0.2, 0.25) is 0 Å². The Morgan fingerprint density at radius 3 is 1.91 bits per heavy atom. The molecule has 3 rings (SSSR count). The summed E-state index contributed by atoms with van der Waals surface area (Å²) in [6, 6.07) is 17.8. The Morgan fingerprint density at radius 2 is 1.36 bits per heavy atom. The van der Waals surface area contributed by atoms with Crippen molar-refractivity contribution in [2.75, 3.05) is 14.2 Å². The van der Waals surface area contributed by atoms with E-state index in [0.717, 1.165) is 34.1 Å². The van der Waals surface area contributed by atoms with Crippen LogP contribution >= 0.6 is 0 Å². The summed E-state index contributed by atoms with van der Waals surface area (Å²) < 4.78 is 12.3. The minimum atomic E-state index is 0.837. The molecule has 0 saturated heterocycles. The fraction of sp³-hybridized carbons (Fsp3) is 0.167. The summed E-state index contributed by atoms with van der Waals surface area (Å²) in [4.78, 5) is 0. The van der Waals surface area contributed by atoms with Crippen molar-refractivity contribution in [2.45, 2.75) is 6.92 Å². The Morgan fingerprint density at radius 1 is 0.818 bits per heavy atom. The number of aromatic nitrogens is 2. The quantitative estimate of drug-likeness (QED) is 0.733. The molecule has 2 aromatic carbocycles. The van der Waals surface area contributed by atoms with Crippen molar-refractivity contribution in [1.29, 1.82) is 0 Å². The molecule has 1 aromatic heterocycles. The van der Waals surface area contributed by atoms with E-state index in [4.69, 9.17) is 14.6 Å². The molecule has 0 radical (unpaired) electrons. The topological polar surface area (TPSA) is 36.3 Å². The van der Waals surface area contributed by atoms with Crippen LogP contribution in [-0.2, 0) is 0 Å². The number of benzene rings is 2. The van der Waals surface area contributed by atoms with Gasteiger partial charge in [0, 0.05) is 11.3 Å². The van der Waals surface area contributed by atoms with E-state index in [0.29, 0.717) is 0 Å². The van der Waals surface area contributed by atoms with Crippen molar-refractivity contribution in [3.05, 3.63) is 60.3 Å². The van der Waals surface area contributed by atoms with Crippen LogP contribution in [0.4, 0.5) is 0 Å². The molecule has 0 aliphatic rings. The zero-order valence-corrected chi connectivity index (χ0v) is 12.9. The van der Waals surface area contributed by atoms with Crippen LogP contribution in [0, 0.1) is 6.92 Å². The number of hydrogen-bond donors (Lipinski definition) is 0. The molecule has 4 heteroatoms. The molecule has 4 nitrogen and oxygen atoms in total. The highest BCUT2D eigenvalue weighted by Gasteiger charge is 2.08. The van der Waals surface area contributed by atoms with Gasteiger partial charge >= 0.3 is 0 Å². The Balaban J connectivity index is 1.95. The molecule has 0 bridgehead atoms. The third-order valence-electron chi connectivity index (χ3n) is 3.59. The fourth-order valence-electron chi connectivity index (χ4n) is 2.36. The minimum absolute atomic E-state index is 0.837. The number of ether oxygens (including phenoxy) is 2. The smallest absolute Gasteiger partial charge is 0.119 e. The van der Waals surface area contributed by atoms with Gasteiger partial charge in [-0.05, 0) is 61.5 Å². The van der Waals surface area contributed by atoms with Crippen LogP contribution in [0.1, 0.15) is 5.69 Å². The van der Waals surface area contributed by atoms with Crippen LogP contribution in [-0.4, -0.2) is 24.0 Å². The van der Waals surface area contributed by atoms with E-state index >= 15 is 0 Å². The first-order chi connectivity index (χ1) is 10.7. The maximum Gasteiger partial charge on any atom is 0.119 e. The molecule has 0 saturated carbocycles. The van der Waals surface area contributed by atoms with Gasteiger partial charge < -0.3 is 9.47 Å². The molecule has 0 amide bonds. The van der Waals surface area contributed by atoms with Gasteiger partial charge in [-0.1, -0.05) is 0 Å². The van der Waals surface area contributed by atoms with Gasteiger partial charge in [0.2, 0.25) is 0 Å². The maximum absolute atomic E-state index is 5.19. The summed E-state index contributed by atoms with van der Waals surface area (Å²) >= 11 is 0. The minimum Gasteiger partial charge on any atom is -0.497 e. The van der Waals surface area contributed by atoms with E-state index in [1.165, 1.54) is 0 Å². The third kappa shape index (κ3) is 2.68. The molecule has 0 fully saturated rings. The fourth-order valence-corrected chi connectivity index (χ4v) is 2.36. The molecule has 0 atom stereocenters. The van der Waals surface area contributed by atoms with Crippen LogP contribution in [0.5, 0.6) is 11.5 Å². The SMILES string of the molecule is COc1ccc(-c2cc(C)n(-c3ccc(OC)cc3)n2)cc1. The normalized spacial score (nSPS) is 10.5. The summed E-state index contributed by atoms with van der Waals surface area (Å²) in [7, 11) is 3.33. The van der Waals surface area contributed by atoms with E-state index in [2.05, 4.69) is 6.07 Å². The number of nitrogens with zero attached hydrogens (tertiary/aromatic N) is 2. The summed E-state index contributed by atoms with van der Waals surface area (Å²) in [5.74, 6) is 1.68. The number of hydrogen-bond acceptors (Lipinski definition) is 3. The Hall–Kier alpha value is -2.75. The molecule has 1 heterocycles.